The van der Waals surface area contributed by atoms with Gasteiger partial charge < -0.3 is 10.1 Å². The predicted molar refractivity (Wildman–Crippen MR) is 82.6 cm³/mol. The van der Waals surface area contributed by atoms with Gasteiger partial charge in [0, 0.05) is 19.7 Å². The zero-order chi connectivity index (χ0) is 14.3. The number of piperidine rings is 1. The van der Waals surface area contributed by atoms with Gasteiger partial charge in [-0.1, -0.05) is 34.1 Å². The smallest absolute Gasteiger partial charge is 0.0630 e. The SMILES string of the molecule is CCC1(C)CCN(C(CNCC(C)C)COC)CC1. The lowest BCUT2D eigenvalue weighted by atomic mass is 9.78. The maximum absolute atomic E-state index is 5.41. The summed E-state index contributed by atoms with van der Waals surface area (Å²) in [5.41, 5.74) is 0.569. The fourth-order valence-electron chi connectivity index (χ4n) is 2.81. The average Bonchev–Trinajstić information content (AvgIpc) is 2.38. The minimum atomic E-state index is 0.533. The van der Waals surface area contributed by atoms with E-state index in [4.69, 9.17) is 4.74 Å². The molecule has 0 spiro atoms. The first-order chi connectivity index (χ1) is 9.00. The maximum Gasteiger partial charge on any atom is 0.0630 e. The zero-order valence-corrected chi connectivity index (χ0v) is 13.7. The standard InChI is InChI=1S/C16H34N2O/c1-6-16(4)7-9-18(10-8-16)15(13-19-5)12-17-11-14(2)3/h14-15,17H,6-13H2,1-5H3. The molecule has 0 radical (unpaired) electrons. The number of nitrogens with zero attached hydrogens (tertiary/aromatic N) is 1. The molecule has 1 unspecified atom stereocenters. The Morgan fingerprint density at radius 3 is 2.32 bits per heavy atom. The van der Waals surface area contributed by atoms with Gasteiger partial charge in [0.25, 0.3) is 0 Å². The summed E-state index contributed by atoms with van der Waals surface area (Å²) < 4.78 is 5.41. The highest BCUT2D eigenvalue weighted by molar-refractivity contribution is 4.85. The van der Waals surface area contributed by atoms with Gasteiger partial charge in [0.1, 0.15) is 0 Å². The highest BCUT2D eigenvalue weighted by Gasteiger charge is 2.31. The zero-order valence-electron chi connectivity index (χ0n) is 13.7. The van der Waals surface area contributed by atoms with E-state index in [1.807, 2.05) is 7.11 Å². The molecule has 1 heterocycles. The van der Waals surface area contributed by atoms with Crippen molar-refractivity contribution in [2.24, 2.45) is 11.3 Å². The van der Waals surface area contributed by atoms with Gasteiger partial charge in [-0.25, -0.2) is 0 Å². The van der Waals surface area contributed by atoms with Crippen molar-refractivity contribution in [3.05, 3.63) is 0 Å². The number of hydrogen-bond acceptors (Lipinski definition) is 3. The monoisotopic (exact) mass is 270 g/mol. The fourth-order valence-corrected chi connectivity index (χ4v) is 2.81. The molecule has 0 bridgehead atoms. The summed E-state index contributed by atoms with van der Waals surface area (Å²) in [6.45, 7) is 14.7. The first-order valence-electron chi connectivity index (χ1n) is 7.94. The highest BCUT2D eigenvalue weighted by Crippen LogP contribution is 2.34. The Morgan fingerprint density at radius 2 is 1.84 bits per heavy atom. The fraction of sp³-hybridized carbons (Fsp3) is 1.00. The van der Waals surface area contributed by atoms with Gasteiger partial charge in [-0.2, -0.15) is 0 Å². The molecule has 0 aromatic heterocycles. The van der Waals surface area contributed by atoms with Crippen LogP contribution in [0.1, 0.15) is 47.0 Å². The number of methoxy groups -OCH3 is 1. The van der Waals surface area contributed by atoms with Crippen LogP contribution in [0.4, 0.5) is 0 Å². The van der Waals surface area contributed by atoms with Crippen LogP contribution >= 0.6 is 0 Å². The van der Waals surface area contributed by atoms with Crippen LogP contribution in [0, 0.1) is 11.3 Å². The molecule has 1 atom stereocenters. The van der Waals surface area contributed by atoms with Crippen molar-refractivity contribution in [3.63, 3.8) is 0 Å². The molecule has 0 aromatic rings. The normalized spacial score (nSPS) is 21.8. The van der Waals surface area contributed by atoms with Crippen LogP contribution in [-0.2, 0) is 4.74 Å². The molecule has 0 saturated carbocycles. The molecular formula is C16H34N2O. The van der Waals surface area contributed by atoms with Crippen LogP contribution in [0.25, 0.3) is 0 Å². The van der Waals surface area contributed by atoms with Crippen molar-refractivity contribution in [2.45, 2.75) is 53.0 Å². The van der Waals surface area contributed by atoms with Crippen LogP contribution in [0.3, 0.4) is 0 Å². The van der Waals surface area contributed by atoms with Crippen molar-refractivity contribution in [1.82, 2.24) is 10.2 Å². The van der Waals surface area contributed by atoms with Crippen molar-refractivity contribution in [1.29, 1.82) is 0 Å². The molecular weight excluding hydrogens is 236 g/mol. The Bertz CT molecular complexity index is 235. The van der Waals surface area contributed by atoms with E-state index in [1.165, 1.54) is 32.4 Å². The molecule has 1 aliphatic heterocycles. The molecule has 1 rings (SSSR count). The predicted octanol–water partition coefficient (Wildman–Crippen LogP) is 2.76. The molecule has 0 aromatic carbocycles. The summed E-state index contributed by atoms with van der Waals surface area (Å²) >= 11 is 0. The van der Waals surface area contributed by atoms with Crippen molar-refractivity contribution >= 4 is 0 Å². The summed E-state index contributed by atoms with van der Waals surface area (Å²) in [5, 5.41) is 3.58. The first kappa shape index (κ1) is 16.9. The maximum atomic E-state index is 5.41. The lowest BCUT2D eigenvalue weighted by Gasteiger charge is -2.42. The summed E-state index contributed by atoms with van der Waals surface area (Å²) in [7, 11) is 1.82. The van der Waals surface area contributed by atoms with E-state index in [-0.39, 0.29) is 0 Å². The topological polar surface area (TPSA) is 24.5 Å². The number of rotatable bonds is 8. The molecule has 0 amide bonds. The van der Waals surface area contributed by atoms with Gasteiger partial charge in [0.15, 0.2) is 0 Å². The third kappa shape index (κ3) is 5.80. The second-order valence-electron chi connectivity index (χ2n) is 6.86. The molecule has 1 saturated heterocycles. The lowest BCUT2D eigenvalue weighted by Crippen LogP contribution is -2.50. The molecule has 1 aliphatic rings. The second-order valence-corrected chi connectivity index (χ2v) is 6.86. The molecule has 1 N–H and O–H groups in total. The molecule has 1 fully saturated rings. The van der Waals surface area contributed by atoms with E-state index >= 15 is 0 Å². The van der Waals surface area contributed by atoms with Gasteiger partial charge in [-0.05, 0) is 43.8 Å². The second kappa shape index (κ2) is 8.23. The van der Waals surface area contributed by atoms with E-state index in [0.29, 0.717) is 17.4 Å². The molecule has 19 heavy (non-hydrogen) atoms. The summed E-state index contributed by atoms with van der Waals surface area (Å²) in [6, 6.07) is 0.533. The molecule has 0 aliphatic carbocycles. The lowest BCUT2D eigenvalue weighted by molar-refractivity contribution is 0.0399. The number of hydrogen-bond donors (Lipinski definition) is 1. The minimum Gasteiger partial charge on any atom is -0.383 e. The van der Waals surface area contributed by atoms with Crippen LogP contribution in [0.15, 0.2) is 0 Å². The van der Waals surface area contributed by atoms with E-state index in [0.717, 1.165) is 19.7 Å². The Labute approximate surface area is 120 Å². The van der Waals surface area contributed by atoms with E-state index in [9.17, 15) is 0 Å². The van der Waals surface area contributed by atoms with Gasteiger partial charge in [0.05, 0.1) is 6.61 Å². The Balaban J connectivity index is 2.40. The summed E-state index contributed by atoms with van der Waals surface area (Å²) in [4.78, 5) is 2.62. The van der Waals surface area contributed by atoms with Crippen molar-refractivity contribution in [3.8, 4) is 0 Å². The van der Waals surface area contributed by atoms with E-state index in [1.54, 1.807) is 0 Å². The van der Waals surface area contributed by atoms with Crippen LogP contribution in [-0.4, -0.2) is 50.8 Å². The van der Waals surface area contributed by atoms with Crippen molar-refractivity contribution < 1.29 is 4.74 Å². The minimum absolute atomic E-state index is 0.533. The highest BCUT2D eigenvalue weighted by atomic mass is 16.5. The third-order valence-electron chi connectivity index (χ3n) is 4.67. The average molecular weight is 270 g/mol. The van der Waals surface area contributed by atoms with E-state index in [2.05, 4.69) is 37.9 Å². The Morgan fingerprint density at radius 1 is 1.21 bits per heavy atom. The molecule has 3 nitrogen and oxygen atoms in total. The first-order valence-corrected chi connectivity index (χ1v) is 7.94. The largest absolute Gasteiger partial charge is 0.383 e. The van der Waals surface area contributed by atoms with Crippen molar-refractivity contribution in [2.75, 3.05) is 39.9 Å². The summed E-state index contributed by atoms with van der Waals surface area (Å²) in [5.74, 6) is 0.716. The molecule has 114 valence electrons. The summed E-state index contributed by atoms with van der Waals surface area (Å²) in [6.07, 6.45) is 3.96. The van der Waals surface area contributed by atoms with Crippen LogP contribution < -0.4 is 5.32 Å². The van der Waals surface area contributed by atoms with Gasteiger partial charge >= 0.3 is 0 Å². The quantitative estimate of drug-likeness (QED) is 0.734. The number of likely N-dealkylation sites (tertiary alicyclic amines) is 1. The third-order valence-corrected chi connectivity index (χ3v) is 4.67. The van der Waals surface area contributed by atoms with Crippen LogP contribution in [0.2, 0.25) is 0 Å². The molecule has 3 heteroatoms. The Hall–Kier alpha value is -0.120. The van der Waals surface area contributed by atoms with E-state index < -0.39 is 0 Å². The van der Waals surface area contributed by atoms with Crippen LogP contribution in [0.5, 0.6) is 0 Å². The number of nitrogens with one attached hydrogen (secondary N) is 1. The van der Waals surface area contributed by atoms with Gasteiger partial charge in [-0.15, -0.1) is 0 Å². The number of ether oxygens (including phenoxy) is 1. The van der Waals surface area contributed by atoms with Gasteiger partial charge in [0.2, 0.25) is 0 Å². The van der Waals surface area contributed by atoms with Gasteiger partial charge in [-0.3, -0.25) is 4.90 Å². The Kier molecular flexibility index (Phi) is 7.33.